The number of rotatable bonds is 3. The number of hydrogen-bond acceptors (Lipinski definition) is 3. The zero-order valence-corrected chi connectivity index (χ0v) is 8.91. The highest BCUT2D eigenvalue weighted by Crippen LogP contribution is 1.94. The van der Waals surface area contributed by atoms with Crippen molar-refractivity contribution in [3.8, 4) is 0 Å². The molecule has 0 atom stereocenters. The van der Waals surface area contributed by atoms with Crippen molar-refractivity contribution in [2.45, 2.75) is 6.54 Å². The molecule has 3 amide bonds. The van der Waals surface area contributed by atoms with Crippen LogP contribution in [0.5, 0.6) is 0 Å². The van der Waals surface area contributed by atoms with E-state index in [1.165, 1.54) is 0 Å². The molecule has 7 heteroatoms. The molecular formula is C8H11ClN4O2. The van der Waals surface area contributed by atoms with Crippen LogP contribution in [0.1, 0.15) is 5.69 Å². The van der Waals surface area contributed by atoms with Crippen LogP contribution in [0, 0.1) is 0 Å². The first kappa shape index (κ1) is 11.5. The van der Waals surface area contributed by atoms with Crippen molar-refractivity contribution in [1.82, 2.24) is 20.2 Å². The normalized spacial score (nSPS) is 9.73. The second-order valence-corrected chi connectivity index (χ2v) is 3.13. The Morgan fingerprint density at radius 1 is 1.60 bits per heavy atom. The molecule has 82 valence electrons. The lowest BCUT2D eigenvalue weighted by atomic mass is 10.4. The van der Waals surface area contributed by atoms with Crippen LogP contribution in [0.4, 0.5) is 4.79 Å². The third-order valence-corrected chi connectivity index (χ3v) is 1.96. The molecule has 0 aliphatic carbocycles. The number of halogens is 1. The molecule has 1 heterocycles. The van der Waals surface area contributed by atoms with Gasteiger partial charge in [-0.15, -0.1) is 11.6 Å². The Bertz CT molecular complexity index is 363. The van der Waals surface area contributed by atoms with Crippen molar-refractivity contribution in [2.75, 3.05) is 5.88 Å². The van der Waals surface area contributed by atoms with E-state index >= 15 is 0 Å². The third-order valence-electron chi connectivity index (χ3n) is 1.72. The fourth-order valence-electron chi connectivity index (χ4n) is 0.930. The minimum atomic E-state index is -0.568. The van der Waals surface area contributed by atoms with E-state index in [4.69, 9.17) is 11.6 Å². The lowest BCUT2D eigenvalue weighted by Gasteiger charge is -2.05. The van der Waals surface area contributed by atoms with Gasteiger partial charge in [0, 0.05) is 13.2 Å². The molecule has 0 aromatic carbocycles. The molecule has 0 spiro atoms. The summed E-state index contributed by atoms with van der Waals surface area (Å²) in [7, 11) is 1.81. The van der Waals surface area contributed by atoms with Gasteiger partial charge in [-0.05, 0) is 0 Å². The molecule has 0 aliphatic rings. The van der Waals surface area contributed by atoms with Crippen molar-refractivity contribution in [3.05, 3.63) is 18.2 Å². The molecule has 0 radical (unpaired) electrons. The first-order valence-electron chi connectivity index (χ1n) is 4.22. The van der Waals surface area contributed by atoms with E-state index in [1.807, 2.05) is 7.05 Å². The van der Waals surface area contributed by atoms with Crippen LogP contribution in [-0.2, 0) is 18.4 Å². The summed E-state index contributed by atoms with van der Waals surface area (Å²) in [6.07, 6.45) is 3.25. The van der Waals surface area contributed by atoms with Gasteiger partial charge in [-0.25, -0.2) is 9.78 Å². The number of hydrogen-bond donors (Lipinski definition) is 2. The number of nitrogens with one attached hydrogen (secondary N) is 2. The predicted molar refractivity (Wildman–Crippen MR) is 54.3 cm³/mol. The van der Waals surface area contributed by atoms with Gasteiger partial charge < -0.3 is 9.88 Å². The van der Waals surface area contributed by atoms with Crippen molar-refractivity contribution in [1.29, 1.82) is 0 Å². The molecule has 2 N–H and O–H groups in total. The van der Waals surface area contributed by atoms with Crippen molar-refractivity contribution >= 4 is 23.5 Å². The fourth-order valence-corrected chi connectivity index (χ4v) is 0.997. The summed E-state index contributed by atoms with van der Waals surface area (Å²) < 4.78 is 1.77. The van der Waals surface area contributed by atoms with Crippen molar-refractivity contribution < 1.29 is 9.59 Å². The number of carbonyl (C=O) groups excluding carboxylic acids is 2. The van der Waals surface area contributed by atoms with Gasteiger partial charge in [0.15, 0.2) is 0 Å². The van der Waals surface area contributed by atoms with Crippen molar-refractivity contribution in [2.24, 2.45) is 7.05 Å². The van der Waals surface area contributed by atoms with E-state index < -0.39 is 11.9 Å². The van der Waals surface area contributed by atoms with Gasteiger partial charge in [-0.1, -0.05) is 0 Å². The third kappa shape index (κ3) is 3.59. The van der Waals surface area contributed by atoms with E-state index in [-0.39, 0.29) is 5.88 Å². The Kier molecular flexibility index (Phi) is 4.11. The zero-order valence-electron chi connectivity index (χ0n) is 8.16. The molecule has 1 aromatic heterocycles. The molecule has 0 bridgehead atoms. The Hall–Kier alpha value is -1.56. The molecule has 6 nitrogen and oxygen atoms in total. The summed E-state index contributed by atoms with van der Waals surface area (Å²) in [6.45, 7) is 0.303. The monoisotopic (exact) mass is 230 g/mol. The zero-order chi connectivity index (χ0) is 11.3. The lowest BCUT2D eigenvalue weighted by molar-refractivity contribution is -0.117. The number of imidazole rings is 1. The van der Waals surface area contributed by atoms with Gasteiger partial charge in [0.05, 0.1) is 18.6 Å². The summed E-state index contributed by atoms with van der Waals surface area (Å²) in [5, 5.41) is 4.56. The first-order valence-corrected chi connectivity index (χ1v) is 4.75. The largest absolute Gasteiger partial charge is 0.336 e. The van der Waals surface area contributed by atoms with Crippen molar-refractivity contribution in [3.63, 3.8) is 0 Å². The van der Waals surface area contributed by atoms with Gasteiger partial charge in [-0.3, -0.25) is 10.1 Å². The van der Waals surface area contributed by atoms with Gasteiger partial charge in [-0.2, -0.15) is 0 Å². The topological polar surface area (TPSA) is 76.0 Å². The predicted octanol–water partition coefficient (Wildman–Crippen LogP) is -0.0153. The van der Waals surface area contributed by atoms with Crippen LogP contribution >= 0.6 is 11.6 Å². The maximum absolute atomic E-state index is 11.1. The molecule has 0 saturated carbocycles. The smallest absolute Gasteiger partial charge is 0.321 e. The summed E-state index contributed by atoms with van der Waals surface area (Å²) >= 11 is 5.21. The number of aryl methyl sites for hydroxylation is 1. The highest BCUT2D eigenvalue weighted by molar-refractivity contribution is 6.28. The average Bonchev–Trinajstić information content (AvgIpc) is 2.61. The maximum atomic E-state index is 11.1. The van der Waals surface area contributed by atoms with Crippen LogP contribution in [0.3, 0.4) is 0 Å². The van der Waals surface area contributed by atoms with Crippen LogP contribution < -0.4 is 10.6 Å². The van der Waals surface area contributed by atoms with E-state index in [9.17, 15) is 9.59 Å². The fraction of sp³-hybridized carbons (Fsp3) is 0.375. The lowest BCUT2D eigenvalue weighted by Crippen LogP contribution is -2.39. The van der Waals surface area contributed by atoms with E-state index in [0.29, 0.717) is 6.54 Å². The first-order chi connectivity index (χ1) is 7.13. The van der Waals surface area contributed by atoms with E-state index in [1.54, 1.807) is 17.1 Å². The summed E-state index contributed by atoms with van der Waals surface area (Å²) in [5.41, 5.74) is 0.837. The number of nitrogens with zero attached hydrogens (tertiary/aromatic N) is 2. The van der Waals surface area contributed by atoms with Gasteiger partial charge >= 0.3 is 6.03 Å². The molecule has 0 fully saturated rings. The molecule has 0 aliphatic heterocycles. The highest BCUT2D eigenvalue weighted by atomic mass is 35.5. The SMILES string of the molecule is Cn1cncc1CNC(=O)NC(=O)CCl. The Balaban J connectivity index is 2.35. The molecule has 0 unspecified atom stereocenters. The molecule has 0 saturated heterocycles. The molecular weight excluding hydrogens is 220 g/mol. The standard InChI is InChI=1S/C8H11ClN4O2/c1-13-5-10-3-6(13)4-11-8(15)12-7(14)2-9/h3,5H,2,4H2,1H3,(H2,11,12,14,15). The second-order valence-electron chi connectivity index (χ2n) is 2.86. The van der Waals surface area contributed by atoms with Gasteiger partial charge in [0.25, 0.3) is 0 Å². The molecule has 1 aromatic rings. The summed E-state index contributed by atoms with van der Waals surface area (Å²) in [5.74, 6) is -0.766. The Morgan fingerprint density at radius 2 is 2.33 bits per heavy atom. The molecule has 1 rings (SSSR count). The maximum Gasteiger partial charge on any atom is 0.321 e. The van der Waals surface area contributed by atoms with Crippen LogP contribution in [0.15, 0.2) is 12.5 Å². The van der Waals surface area contributed by atoms with Gasteiger partial charge in [0.2, 0.25) is 5.91 Å². The Labute approximate surface area is 91.6 Å². The van der Waals surface area contributed by atoms with E-state index in [2.05, 4.69) is 15.6 Å². The summed E-state index contributed by atoms with van der Waals surface area (Å²) in [6, 6.07) is -0.568. The molecule has 15 heavy (non-hydrogen) atoms. The number of carbonyl (C=O) groups is 2. The number of aromatic nitrogens is 2. The Morgan fingerprint density at radius 3 is 2.87 bits per heavy atom. The number of amides is 3. The highest BCUT2D eigenvalue weighted by Gasteiger charge is 2.06. The number of alkyl halides is 1. The second kappa shape index (κ2) is 5.35. The summed E-state index contributed by atoms with van der Waals surface area (Å²) in [4.78, 5) is 25.7. The van der Waals surface area contributed by atoms with Crippen LogP contribution in [0.2, 0.25) is 0 Å². The number of imide groups is 1. The van der Waals surface area contributed by atoms with Crippen LogP contribution in [0.25, 0.3) is 0 Å². The quantitative estimate of drug-likeness (QED) is 0.717. The number of urea groups is 1. The average molecular weight is 231 g/mol. The van der Waals surface area contributed by atoms with E-state index in [0.717, 1.165) is 5.69 Å². The van der Waals surface area contributed by atoms with Gasteiger partial charge in [0.1, 0.15) is 5.88 Å². The van der Waals surface area contributed by atoms with Crippen LogP contribution in [-0.4, -0.2) is 27.4 Å². The minimum absolute atomic E-state index is 0.237. The minimum Gasteiger partial charge on any atom is -0.336 e.